The third kappa shape index (κ3) is 5.96. The molecular formula is C26H18Cl2N2O6S. The molecule has 37 heavy (non-hydrogen) atoms. The smallest absolute Gasteiger partial charge is 0.337 e. The monoisotopic (exact) mass is 556 g/mol. The summed E-state index contributed by atoms with van der Waals surface area (Å²) < 4.78 is 4.68. The molecule has 8 nitrogen and oxygen atoms in total. The van der Waals surface area contributed by atoms with Crippen LogP contribution < -0.4 is 5.32 Å². The molecule has 0 bridgehead atoms. The van der Waals surface area contributed by atoms with Gasteiger partial charge in [-0.25, -0.2) is 4.79 Å². The fraction of sp³-hybridized carbons (Fsp3) is 0.0769. The zero-order chi connectivity index (χ0) is 26.7. The van der Waals surface area contributed by atoms with Gasteiger partial charge >= 0.3 is 5.97 Å². The topological polar surface area (TPSA) is 113 Å². The molecule has 1 saturated heterocycles. The van der Waals surface area contributed by atoms with Crippen LogP contribution in [0.25, 0.3) is 6.08 Å². The minimum absolute atomic E-state index is 0.0206. The highest BCUT2D eigenvalue weighted by atomic mass is 35.5. The summed E-state index contributed by atoms with van der Waals surface area (Å²) in [6.45, 7) is 0.0206. The van der Waals surface area contributed by atoms with Gasteiger partial charge in [0, 0.05) is 5.69 Å². The van der Waals surface area contributed by atoms with Crippen molar-refractivity contribution in [2.24, 2.45) is 0 Å². The predicted molar refractivity (Wildman–Crippen MR) is 142 cm³/mol. The van der Waals surface area contributed by atoms with Crippen molar-refractivity contribution >= 4 is 69.8 Å². The second kappa shape index (κ2) is 11.1. The van der Waals surface area contributed by atoms with Crippen LogP contribution in [0.2, 0.25) is 10.0 Å². The van der Waals surface area contributed by atoms with Crippen molar-refractivity contribution in [3.05, 3.63) is 97.9 Å². The van der Waals surface area contributed by atoms with Gasteiger partial charge in [-0.15, -0.1) is 0 Å². The van der Waals surface area contributed by atoms with Crippen molar-refractivity contribution in [2.45, 2.75) is 6.54 Å². The summed E-state index contributed by atoms with van der Waals surface area (Å²) in [7, 11) is 1.25. The number of amides is 3. The molecule has 3 amide bonds. The zero-order valence-electron chi connectivity index (χ0n) is 19.2. The van der Waals surface area contributed by atoms with Gasteiger partial charge in [0.2, 0.25) is 0 Å². The summed E-state index contributed by atoms with van der Waals surface area (Å²) in [5.41, 5.74) is 1.56. The van der Waals surface area contributed by atoms with E-state index >= 15 is 0 Å². The molecule has 3 aromatic rings. The van der Waals surface area contributed by atoms with E-state index in [4.69, 9.17) is 23.2 Å². The predicted octanol–water partition coefficient (Wildman–Crippen LogP) is 5.97. The van der Waals surface area contributed by atoms with Gasteiger partial charge in [0.25, 0.3) is 17.1 Å². The van der Waals surface area contributed by atoms with E-state index in [0.29, 0.717) is 26.9 Å². The highest BCUT2D eigenvalue weighted by Crippen LogP contribution is 2.34. The number of rotatable bonds is 6. The van der Waals surface area contributed by atoms with Crippen molar-refractivity contribution in [3.63, 3.8) is 0 Å². The van der Waals surface area contributed by atoms with Gasteiger partial charge in [-0.05, 0) is 71.4 Å². The molecule has 1 aliphatic heterocycles. The maximum Gasteiger partial charge on any atom is 0.337 e. The summed E-state index contributed by atoms with van der Waals surface area (Å²) in [6.07, 6.45) is 1.47. The number of nitrogens with zero attached hydrogens (tertiary/aromatic N) is 1. The SMILES string of the molecule is COC(=O)c1cccc(NC(=O)c2cc(C=C3SC(=O)N(Cc4ccc(Cl)c(Cl)c4)C3=O)ccc2O)c1. The van der Waals surface area contributed by atoms with E-state index < -0.39 is 23.0 Å². The normalized spacial score (nSPS) is 14.2. The molecule has 0 aromatic heterocycles. The molecule has 11 heteroatoms. The molecule has 0 saturated carbocycles. The van der Waals surface area contributed by atoms with Crippen LogP contribution in [0, 0.1) is 0 Å². The van der Waals surface area contributed by atoms with E-state index in [1.165, 1.54) is 43.5 Å². The standard InChI is InChI=1S/C26H18Cl2N2O6S/c1-36-25(34)16-3-2-4-17(12-16)29-23(32)18-9-14(6-8-21(18)31)11-22-24(33)30(26(35)37-22)13-15-5-7-19(27)20(28)10-15/h2-12,31H,13H2,1H3,(H,29,32). The maximum absolute atomic E-state index is 12.9. The number of carbonyl (C=O) groups excluding carboxylic acids is 4. The zero-order valence-corrected chi connectivity index (χ0v) is 21.5. The number of benzene rings is 3. The van der Waals surface area contributed by atoms with Gasteiger partial charge in [0.1, 0.15) is 5.75 Å². The Bertz CT molecular complexity index is 1470. The lowest BCUT2D eigenvalue weighted by Crippen LogP contribution is -2.27. The Morgan fingerprint density at radius 1 is 1.05 bits per heavy atom. The number of ether oxygens (including phenoxy) is 1. The molecule has 0 radical (unpaired) electrons. The molecule has 0 aliphatic carbocycles. The second-order valence-electron chi connectivity index (χ2n) is 7.82. The number of hydrogen-bond acceptors (Lipinski definition) is 7. The third-order valence-electron chi connectivity index (χ3n) is 5.30. The lowest BCUT2D eigenvalue weighted by Gasteiger charge is -2.13. The molecule has 1 fully saturated rings. The number of hydrogen-bond donors (Lipinski definition) is 2. The number of thioether (sulfide) groups is 1. The third-order valence-corrected chi connectivity index (χ3v) is 6.95. The lowest BCUT2D eigenvalue weighted by atomic mass is 10.1. The molecule has 188 valence electrons. The van der Waals surface area contributed by atoms with Crippen molar-refractivity contribution in [3.8, 4) is 5.75 Å². The number of phenols is 1. The quantitative estimate of drug-likeness (QED) is 0.284. The Hall–Kier alpha value is -3.79. The van der Waals surface area contributed by atoms with Crippen molar-refractivity contribution in [1.82, 2.24) is 4.90 Å². The Balaban J connectivity index is 1.53. The van der Waals surface area contributed by atoms with E-state index in [-0.39, 0.29) is 28.3 Å². The highest BCUT2D eigenvalue weighted by Gasteiger charge is 2.35. The van der Waals surface area contributed by atoms with Gasteiger partial charge in [-0.1, -0.05) is 41.4 Å². The van der Waals surface area contributed by atoms with Crippen LogP contribution in [0.1, 0.15) is 31.8 Å². The molecule has 3 aromatic carbocycles. The average Bonchev–Trinajstić information content (AvgIpc) is 3.14. The Kier molecular flexibility index (Phi) is 7.87. The summed E-state index contributed by atoms with van der Waals surface area (Å²) in [5, 5.41) is 13.1. The van der Waals surface area contributed by atoms with Gasteiger partial charge in [0.05, 0.1) is 39.7 Å². The molecule has 4 rings (SSSR count). The van der Waals surface area contributed by atoms with Gasteiger partial charge in [-0.3, -0.25) is 19.3 Å². The number of nitrogens with one attached hydrogen (secondary N) is 1. The molecule has 1 aliphatic rings. The average molecular weight is 557 g/mol. The van der Waals surface area contributed by atoms with Gasteiger partial charge < -0.3 is 15.2 Å². The Morgan fingerprint density at radius 2 is 1.84 bits per heavy atom. The number of methoxy groups -OCH3 is 1. The number of carbonyl (C=O) groups is 4. The van der Waals surface area contributed by atoms with Gasteiger partial charge in [0.15, 0.2) is 0 Å². The van der Waals surface area contributed by atoms with Crippen molar-refractivity contribution in [2.75, 3.05) is 12.4 Å². The number of esters is 1. The summed E-state index contributed by atoms with van der Waals surface area (Å²) in [6, 6.07) is 15.2. The largest absolute Gasteiger partial charge is 0.507 e. The molecule has 1 heterocycles. The maximum atomic E-state index is 12.9. The molecule has 0 unspecified atom stereocenters. The molecular weight excluding hydrogens is 539 g/mol. The minimum Gasteiger partial charge on any atom is -0.507 e. The number of phenolic OH excluding ortho intramolecular Hbond substituents is 1. The van der Waals surface area contributed by atoms with Crippen molar-refractivity contribution < 1.29 is 29.0 Å². The van der Waals surface area contributed by atoms with E-state index in [1.54, 1.807) is 30.3 Å². The number of imide groups is 1. The second-order valence-corrected chi connectivity index (χ2v) is 9.63. The van der Waals surface area contributed by atoms with Gasteiger partial charge in [-0.2, -0.15) is 0 Å². The van der Waals surface area contributed by atoms with Crippen molar-refractivity contribution in [1.29, 1.82) is 0 Å². The number of aromatic hydroxyl groups is 1. The van der Waals surface area contributed by atoms with Crippen LogP contribution in [0.4, 0.5) is 10.5 Å². The van der Waals surface area contributed by atoms with E-state index in [9.17, 15) is 24.3 Å². The summed E-state index contributed by atoms with van der Waals surface area (Å²) in [4.78, 5) is 51.2. The van der Waals surface area contributed by atoms with Crippen LogP contribution >= 0.6 is 35.0 Å². The summed E-state index contributed by atoms with van der Waals surface area (Å²) in [5.74, 6) is -1.98. The van der Waals surface area contributed by atoms with E-state index in [0.717, 1.165) is 16.7 Å². The lowest BCUT2D eigenvalue weighted by molar-refractivity contribution is -0.123. The Labute approximate surface area is 225 Å². The molecule has 0 atom stereocenters. The first-order chi connectivity index (χ1) is 17.7. The first kappa shape index (κ1) is 26.3. The minimum atomic E-state index is -0.637. The van der Waals surface area contributed by atoms with Crippen LogP contribution in [-0.2, 0) is 16.1 Å². The van der Waals surface area contributed by atoms with Crippen LogP contribution in [0.3, 0.4) is 0 Å². The number of halogens is 2. The number of anilines is 1. The first-order valence-electron chi connectivity index (χ1n) is 10.7. The first-order valence-corrected chi connectivity index (χ1v) is 12.3. The fourth-order valence-electron chi connectivity index (χ4n) is 3.47. The summed E-state index contributed by atoms with van der Waals surface area (Å²) >= 11 is 12.7. The Morgan fingerprint density at radius 3 is 2.57 bits per heavy atom. The van der Waals surface area contributed by atoms with E-state index in [2.05, 4.69) is 10.1 Å². The molecule has 2 N–H and O–H groups in total. The van der Waals surface area contributed by atoms with Crippen LogP contribution in [0.5, 0.6) is 5.75 Å². The fourth-order valence-corrected chi connectivity index (χ4v) is 4.63. The molecule has 0 spiro atoms. The van der Waals surface area contributed by atoms with Crippen LogP contribution in [0.15, 0.2) is 65.6 Å². The van der Waals surface area contributed by atoms with E-state index in [1.807, 2.05) is 0 Å². The highest BCUT2D eigenvalue weighted by molar-refractivity contribution is 8.18. The van der Waals surface area contributed by atoms with Crippen LogP contribution in [-0.4, -0.2) is 40.1 Å².